The summed E-state index contributed by atoms with van der Waals surface area (Å²) in [4.78, 5) is 24.2. The van der Waals surface area contributed by atoms with Gasteiger partial charge in [-0.25, -0.2) is 4.52 Å². The number of nitrogens with zero attached hydrogens (tertiary/aromatic N) is 6. The van der Waals surface area contributed by atoms with Crippen LogP contribution in [0.15, 0.2) is 66.9 Å². The second-order valence-corrected chi connectivity index (χ2v) is 12.2. The Morgan fingerprint density at radius 3 is 2.45 bits per heavy atom. The number of nitrogens with one attached hydrogen (secondary N) is 1. The Hall–Kier alpha value is -3.70. The van der Waals surface area contributed by atoms with Gasteiger partial charge in [-0.15, -0.1) is 5.10 Å². The SMILES string of the molecule is CN1CCOC2(C1)CN(C(=O)c1ccc(Nc3nc4c(N5CCC(O)(c6ccc(Cl)cc6)CC5)cccn4n3)cc1)C2. The molecule has 4 aromatic rings. The first kappa shape index (κ1) is 27.2. The third-order valence-corrected chi connectivity index (χ3v) is 8.98. The van der Waals surface area contributed by atoms with Crippen LogP contribution in [0, 0.1) is 0 Å². The first-order valence-corrected chi connectivity index (χ1v) is 14.7. The van der Waals surface area contributed by atoms with Gasteiger partial charge in [0.1, 0.15) is 5.60 Å². The molecule has 10 nitrogen and oxygen atoms in total. The molecule has 3 fully saturated rings. The number of rotatable bonds is 5. The summed E-state index contributed by atoms with van der Waals surface area (Å²) in [6.07, 6.45) is 3.07. The van der Waals surface area contributed by atoms with Crippen molar-refractivity contribution in [2.24, 2.45) is 0 Å². The molecule has 1 spiro atoms. The Balaban J connectivity index is 1.00. The number of fused-ring (bicyclic) bond motifs is 1. The number of carbonyl (C=O) groups is 1. The number of carbonyl (C=O) groups excluding carboxylic acids is 1. The maximum Gasteiger partial charge on any atom is 0.254 e. The number of halogens is 1. The fourth-order valence-electron chi connectivity index (χ4n) is 6.38. The molecular weight excluding hydrogens is 554 g/mol. The Labute approximate surface area is 249 Å². The second kappa shape index (κ2) is 10.5. The van der Waals surface area contributed by atoms with Crippen LogP contribution in [0.5, 0.6) is 0 Å². The fraction of sp³-hybridized carbons (Fsp3) is 0.387. The zero-order valence-electron chi connectivity index (χ0n) is 23.5. The molecule has 0 unspecified atom stereocenters. The van der Waals surface area contributed by atoms with E-state index in [0.29, 0.717) is 62.2 Å². The molecule has 3 aliphatic rings. The number of likely N-dealkylation sites (N-methyl/N-ethyl adjacent to an activating group) is 1. The molecule has 3 aliphatic heterocycles. The summed E-state index contributed by atoms with van der Waals surface area (Å²) >= 11 is 6.04. The lowest BCUT2D eigenvalue weighted by molar-refractivity contribution is -0.167. The minimum Gasteiger partial charge on any atom is -0.385 e. The summed E-state index contributed by atoms with van der Waals surface area (Å²) < 4.78 is 7.76. The number of likely N-dealkylation sites (tertiary alicyclic amines) is 1. The number of piperidine rings is 1. The van der Waals surface area contributed by atoms with E-state index in [-0.39, 0.29) is 11.5 Å². The number of aromatic nitrogens is 3. The number of hydrogen-bond donors (Lipinski definition) is 2. The lowest BCUT2D eigenvalue weighted by Crippen LogP contribution is -2.70. The predicted octanol–water partition coefficient (Wildman–Crippen LogP) is 3.77. The molecule has 3 saturated heterocycles. The van der Waals surface area contributed by atoms with Crippen molar-refractivity contribution in [2.45, 2.75) is 24.0 Å². The third-order valence-electron chi connectivity index (χ3n) is 8.73. The zero-order chi connectivity index (χ0) is 28.9. The molecule has 0 aliphatic carbocycles. The number of morpholine rings is 1. The number of benzene rings is 2. The normalized spacial score (nSPS) is 20.1. The number of ether oxygens (including phenoxy) is 1. The van der Waals surface area contributed by atoms with Crippen LogP contribution in [0.1, 0.15) is 28.8 Å². The minimum atomic E-state index is -0.877. The van der Waals surface area contributed by atoms with E-state index in [9.17, 15) is 9.90 Å². The van der Waals surface area contributed by atoms with E-state index in [0.717, 1.165) is 35.7 Å². The molecule has 42 heavy (non-hydrogen) atoms. The van der Waals surface area contributed by atoms with Crippen LogP contribution in [-0.4, -0.2) is 93.9 Å². The van der Waals surface area contributed by atoms with Crippen molar-refractivity contribution in [3.8, 4) is 0 Å². The number of anilines is 3. The largest absolute Gasteiger partial charge is 0.385 e. The van der Waals surface area contributed by atoms with Gasteiger partial charge in [-0.1, -0.05) is 23.7 Å². The zero-order valence-corrected chi connectivity index (χ0v) is 24.3. The molecule has 0 bridgehead atoms. The lowest BCUT2D eigenvalue weighted by atomic mass is 9.84. The van der Waals surface area contributed by atoms with Gasteiger partial charge in [0.15, 0.2) is 5.65 Å². The van der Waals surface area contributed by atoms with Crippen molar-refractivity contribution in [1.82, 2.24) is 24.4 Å². The number of hydrogen-bond acceptors (Lipinski definition) is 8. The molecule has 7 rings (SSSR count). The highest BCUT2D eigenvalue weighted by molar-refractivity contribution is 6.30. The smallest absolute Gasteiger partial charge is 0.254 e. The van der Waals surface area contributed by atoms with Crippen LogP contribution in [0.2, 0.25) is 5.02 Å². The molecule has 11 heteroatoms. The van der Waals surface area contributed by atoms with E-state index in [1.165, 1.54) is 0 Å². The standard InChI is InChI=1S/C31H34ClN7O3/c1-36-17-18-42-30(19-36)20-38(21-30)28(40)22-4-10-25(11-5-22)33-29-34-27-26(3-2-14-39(27)35-29)37-15-12-31(41,13-16-37)23-6-8-24(32)9-7-23/h2-11,14,41H,12-13,15-21H2,1H3,(H,33,35). The summed E-state index contributed by atoms with van der Waals surface area (Å²) in [6.45, 7) is 5.12. The van der Waals surface area contributed by atoms with Gasteiger partial charge < -0.3 is 29.9 Å². The van der Waals surface area contributed by atoms with E-state index in [4.69, 9.17) is 21.3 Å². The van der Waals surface area contributed by atoms with E-state index in [1.54, 1.807) is 4.52 Å². The topological polar surface area (TPSA) is 98.5 Å². The molecule has 2 aromatic heterocycles. The van der Waals surface area contributed by atoms with Gasteiger partial charge in [-0.05, 0) is 74.0 Å². The average Bonchev–Trinajstić information content (AvgIpc) is 3.39. The van der Waals surface area contributed by atoms with Crippen molar-refractivity contribution in [2.75, 3.05) is 63.1 Å². The molecule has 218 valence electrons. The van der Waals surface area contributed by atoms with E-state index >= 15 is 0 Å². The molecule has 2 N–H and O–H groups in total. The van der Waals surface area contributed by atoms with Gasteiger partial charge in [0.25, 0.3) is 5.91 Å². The van der Waals surface area contributed by atoms with E-state index in [1.807, 2.05) is 71.8 Å². The Kier molecular flexibility index (Phi) is 6.81. The van der Waals surface area contributed by atoms with Crippen molar-refractivity contribution < 1.29 is 14.6 Å². The van der Waals surface area contributed by atoms with Crippen LogP contribution >= 0.6 is 11.6 Å². The fourth-order valence-corrected chi connectivity index (χ4v) is 6.51. The Morgan fingerprint density at radius 1 is 1.00 bits per heavy atom. The van der Waals surface area contributed by atoms with Crippen LogP contribution in [-0.2, 0) is 10.3 Å². The van der Waals surface area contributed by atoms with Crippen molar-refractivity contribution in [1.29, 1.82) is 0 Å². The highest BCUT2D eigenvalue weighted by Crippen LogP contribution is 2.36. The summed E-state index contributed by atoms with van der Waals surface area (Å²) in [6, 6.07) is 18.9. The first-order valence-electron chi connectivity index (χ1n) is 14.4. The van der Waals surface area contributed by atoms with Gasteiger partial charge in [0.2, 0.25) is 5.95 Å². The Bertz CT molecular complexity index is 1590. The highest BCUT2D eigenvalue weighted by Gasteiger charge is 2.48. The number of pyridine rings is 1. The van der Waals surface area contributed by atoms with Crippen LogP contribution in [0.3, 0.4) is 0 Å². The summed E-state index contributed by atoms with van der Waals surface area (Å²) in [5.74, 6) is 0.489. The summed E-state index contributed by atoms with van der Waals surface area (Å²) in [7, 11) is 2.09. The number of amides is 1. The van der Waals surface area contributed by atoms with Gasteiger partial charge in [-0.2, -0.15) is 4.98 Å². The van der Waals surface area contributed by atoms with Gasteiger partial charge in [0, 0.05) is 48.6 Å². The average molecular weight is 588 g/mol. The molecule has 1 amide bonds. The third kappa shape index (κ3) is 5.09. The van der Waals surface area contributed by atoms with Crippen molar-refractivity contribution in [3.63, 3.8) is 0 Å². The first-order chi connectivity index (χ1) is 20.3. The quantitative estimate of drug-likeness (QED) is 0.364. The molecular formula is C31H34ClN7O3. The Morgan fingerprint density at radius 2 is 1.74 bits per heavy atom. The lowest BCUT2D eigenvalue weighted by Gasteiger charge is -2.53. The minimum absolute atomic E-state index is 0.0176. The summed E-state index contributed by atoms with van der Waals surface area (Å²) in [5.41, 5.74) is 2.96. The maximum absolute atomic E-state index is 13.0. The molecule has 0 atom stereocenters. The van der Waals surface area contributed by atoms with E-state index in [2.05, 4.69) is 27.3 Å². The molecule has 2 aromatic carbocycles. The number of aliphatic hydroxyl groups is 1. The second-order valence-electron chi connectivity index (χ2n) is 11.8. The molecule has 0 saturated carbocycles. The summed E-state index contributed by atoms with van der Waals surface area (Å²) in [5, 5.41) is 19.9. The van der Waals surface area contributed by atoms with E-state index < -0.39 is 5.60 Å². The van der Waals surface area contributed by atoms with Gasteiger partial charge >= 0.3 is 0 Å². The highest BCUT2D eigenvalue weighted by atomic mass is 35.5. The maximum atomic E-state index is 13.0. The van der Waals surface area contributed by atoms with Crippen molar-refractivity contribution >= 4 is 40.5 Å². The van der Waals surface area contributed by atoms with Crippen LogP contribution in [0.4, 0.5) is 17.3 Å². The van der Waals surface area contributed by atoms with Crippen LogP contribution < -0.4 is 10.2 Å². The molecule has 0 radical (unpaired) electrons. The van der Waals surface area contributed by atoms with Gasteiger partial charge in [0.05, 0.1) is 31.0 Å². The van der Waals surface area contributed by atoms with Gasteiger partial charge in [-0.3, -0.25) is 4.79 Å². The van der Waals surface area contributed by atoms with Crippen molar-refractivity contribution in [3.05, 3.63) is 83.0 Å². The predicted molar refractivity (Wildman–Crippen MR) is 162 cm³/mol. The molecule has 5 heterocycles. The van der Waals surface area contributed by atoms with Crippen LogP contribution in [0.25, 0.3) is 5.65 Å². The monoisotopic (exact) mass is 587 g/mol.